The van der Waals surface area contributed by atoms with Crippen LogP contribution in [-0.4, -0.2) is 4.40 Å². The Kier molecular flexibility index (Phi) is 5.58. The second-order valence-electron chi connectivity index (χ2n) is 14.3. The smallest absolute Gasteiger partial charge is 0.0617 e. The van der Waals surface area contributed by atoms with Crippen molar-refractivity contribution >= 4 is 33.3 Å². The van der Waals surface area contributed by atoms with E-state index >= 15 is 0 Å². The zero-order valence-electron chi connectivity index (χ0n) is 26.9. The van der Waals surface area contributed by atoms with Crippen molar-refractivity contribution in [1.82, 2.24) is 4.40 Å². The molecule has 2 aromatic heterocycles. The molecule has 2 atom stereocenters. The largest absolute Gasteiger partial charge is 0.308 e. The molecule has 1 nitrogen and oxygen atoms in total. The summed E-state index contributed by atoms with van der Waals surface area (Å²) in [7, 11) is 0. The van der Waals surface area contributed by atoms with Gasteiger partial charge in [-0.25, -0.2) is 0 Å². The fraction of sp³-hybridized carbons (Fsp3) is 0.149. The molecule has 6 aromatic carbocycles. The lowest BCUT2D eigenvalue weighted by Crippen LogP contribution is -2.14. The van der Waals surface area contributed by atoms with Crippen molar-refractivity contribution in [3.63, 3.8) is 0 Å². The summed E-state index contributed by atoms with van der Waals surface area (Å²) in [5.74, 6) is 0.891. The van der Waals surface area contributed by atoms with Gasteiger partial charge in [-0.2, -0.15) is 0 Å². The number of nitrogens with zero attached hydrogens (tertiary/aromatic N) is 1. The van der Waals surface area contributed by atoms with E-state index in [9.17, 15) is 0 Å². The SMILES string of the molecule is C1=CC(c2cc3c4c(c2)-c2ccccc2C(CCCc2ccc(-c5ccccc5)cc2-3)C4)Cc2c1n1c3ccccc3c3cccc2c31. The molecule has 0 radical (unpaired) electrons. The topological polar surface area (TPSA) is 4.41 Å². The molecule has 8 aromatic rings. The molecule has 0 saturated heterocycles. The van der Waals surface area contributed by atoms with E-state index in [0.717, 1.165) is 19.3 Å². The third kappa shape index (κ3) is 3.73. The van der Waals surface area contributed by atoms with Crippen LogP contribution in [0.2, 0.25) is 0 Å². The third-order valence-electron chi connectivity index (χ3n) is 11.8. The first kappa shape index (κ1) is 26.6. The van der Waals surface area contributed by atoms with E-state index < -0.39 is 0 Å². The fourth-order valence-corrected chi connectivity index (χ4v) is 9.61. The van der Waals surface area contributed by atoms with Crippen LogP contribution in [-0.2, 0) is 19.3 Å². The first-order chi connectivity index (χ1) is 23.8. The van der Waals surface area contributed by atoms with Gasteiger partial charge < -0.3 is 4.40 Å². The van der Waals surface area contributed by atoms with Crippen LogP contribution in [0.4, 0.5) is 0 Å². The number of fused-ring (bicyclic) bond motifs is 12. The molecule has 0 aliphatic heterocycles. The molecule has 48 heavy (non-hydrogen) atoms. The van der Waals surface area contributed by atoms with Crippen molar-refractivity contribution in [3.05, 3.63) is 167 Å². The van der Waals surface area contributed by atoms with Gasteiger partial charge in [0.2, 0.25) is 0 Å². The molecule has 1 heteroatoms. The van der Waals surface area contributed by atoms with Gasteiger partial charge in [0.1, 0.15) is 0 Å². The highest BCUT2D eigenvalue weighted by atomic mass is 14.9. The van der Waals surface area contributed by atoms with Crippen molar-refractivity contribution in [2.24, 2.45) is 0 Å². The Labute approximate surface area is 281 Å². The molecule has 0 saturated carbocycles. The maximum absolute atomic E-state index is 2.59. The molecular weight excluding hydrogens is 579 g/mol. The van der Waals surface area contributed by atoms with Crippen LogP contribution >= 0.6 is 0 Å². The monoisotopic (exact) mass is 613 g/mol. The summed E-state index contributed by atoms with van der Waals surface area (Å²) in [6, 6.07) is 48.4. The fourth-order valence-electron chi connectivity index (χ4n) is 9.61. The van der Waals surface area contributed by atoms with E-state index in [4.69, 9.17) is 0 Å². The van der Waals surface area contributed by atoms with E-state index in [1.165, 1.54) is 95.8 Å². The van der Waals surface area contributed by atoms with E-state index in [1.807, 2.05) is 0 Å². The molecule has 228 valence electrons. The van der Waals surface area contributed by atoms with Crippen LogP contribution in [0.15, 0.2) is 133 Å². The van der Waals surface area contributed by atoms with E-state index in [1.54, 1.807) is 11.1 Å². The highest BCUT2D eigenvalue weighted by molar-refractivity contribution is 6.16. The summed E-state index contributed by atoms with van der Waals surface area (Å²) < 4.78 is 2.52. The Bertz CT molecular complexity index is 2600. The zero-order chi connectivity index (χ0) is 31.3. The standard InChI is InChI=1S/C47H35N/c1-2-10-29(11-3-1)31-21-20-30-12-8-13-33-26-43-41(36-15-5-4-14-35(33)36)27-34(28-42(43)40(30)24-31)32-22-23-46-44(25-32)39-18-9-17-38-37-16-6-7-19-45(37)48(46)47(38)39/h1-7,9-11,14-24,27-28,32-33H,8,12-13,25-26H2. The molecule has 3 aliphatic rings. The van der Waals surface area contributed by atoms with Gasteiger partial charge in [-0.05, 0) is 117 Å². The molecule has 2 unspecified atom stereocenters. The minimum Gasteiger partial charge on any atom is -0.308 e. The minimum absolute atomic E-state index is 0.315. The summed E-state index contributed by atoms with van der Waals surface area (Å²) >= 11 is 0. The van der Waals surface area contributed by atoms with Gasteiger partial charge in [0.05, 0.1) is 11.0 Å². The summed E-state index contributed by atoms with van der Waals surface area (Å²) in [6.07, 6.45) is 10.6. The highest BCUT2D eigenvalue weighted by Crippen LogP contribution is 2.50. The normalized spacial score (nSPS) is 17.9. The number of para-hydroxylation sites is 2. The zero-order valence-corrected chi connectivity index (χ0v) is 26.9. The number of benzene rings is 6. The number of aryl methyl sites for hydroxylation is 1. The molecule has 0 amide bonds. The van der Waals surface area contributed by atoms with Gasteiger partial charge in [0.15, 0.2) is 0 Å². The molecular formula is C47H35N. The lowest BCUT2D eigenvalue weighted by Gasteiger charge is -2.31. The molecule has 0 fully saturated rings. The van der Waals surface area contributed by atoms with Crippen molar-refractivity contribution in [2.75, 3.05) is 0 Å². The summed E-state index contributed by atoms with van der Waals surface area (Å²) in [4.78, 5) is 0. The first-order valence-electron chi connectivity index (χ1n) is 17.7. The lowest BCUT2D eigenvalue weighted by molar-refractivity contribution is 0.587. The molecule has 0 spiro atoms. The summed E-state index contributed by atoms with van der Waals surface area (Å²) in [5, 5.41) is 4.11. The van der Waals surface area contributed by atoms with Gasteiger partial charge in [0, 0.05) is 27.8 Å². The molecule has 0 N–H and O–H groups in total. The Hall–Kier alpha value is -5.40. The average molecular weight is 614 g/mol. The van der Waals surface area contributed by atoms with Gasteiger partial charge >= 0.3 is 0 Å². The maximum atomic E-state index is 2.59. The quantitative estimate of drug-likeness (QED) is 0.183. The van der Waals surface area contributed by atoms with Crippen molar-refractivity contribution < 1.29 is 0 Å². The van der Waals surface area contributed by atoms with Crippen LogP contribution in [0.5, 0.6) is 0 Å². The highest BCUT2D eigenvalue weighted by Gasteiger charge is 2.31. The maximum Gasteiger partial charge on any atom is 0.0617 e. The first-order valence-corrected chi connectivity index (χ1v) is 17.7. The third-order valence-corrected chi connectivity index (χ3v) is 11.8. The van der Waals surface area contributed by atoms with Crippen LogP contribution in [0.1, 0.15) is 58.2 Å². The summed E-state index contributed by atoms with van der Waals surface area (Å²) in [6.45, 7) is 0. The molecule has 3 aliphatic carbocycles. The van der Waals surface area contributed by atoms with Gasteiger partial charge in [0.25, 0.3) is 0 Å². The second kappa shape index (κ2) is 10.1. The van der Waals surface area contributed by atoms with E-state index in [-0.39, 0.29) is 0 Å². The second-order valence-corrected chi connectivity index (χ2v) is 14.3. The van der Waals surface area contributed by atoms with Gasteiger partial charge in [-0.1, -0.05) is 121 Å². The predicted octanol–water partition coefficient (Wildman–Crippen LogP) is 12.0. The summed E-state index contributed by atoms with van der Waals surface area (Å²) in [5.41, 5.74) is 19.9. The minimum atomic E-state index is 0.315. The molecule has 2 heterocycles. The Morgan fingerprint density at radius 2 is 1.35 bits per heavy atom. The number of aromatic nitrogens is 1. The Balaban J connectivity index is 1.13. The predicted molar refractivity (Wildman–Crippen MR) is 201 cm³/mol. The van der Waals surface area contributed by atoms with Crippen molar-refractivity contribution in [1.29, 1.82) is 0 Å². The van der Waals surface area contributed by atoms with Crippen LogP contribution in [0, 0.1) is 0 Å². The number of allylic oxidation sites excluding steroid dienone is 1. The number of rotatable bonds is 2. The van der Waals surface area contributed by atoms with Gasteiger partial charge in [-0.15, -0.1) is 0 Å². The van der Waals surface area contributed by atoms with E-state index in [0.29, 0.717) is 11.8 Å². The van der Waals surface area contributed by atoms with Crippen LogP contribution < -0.4 is 0 Å². The van der Waals surface area contributed by atoms with E-state index in [2.05, 4.69) is 144 Å². The lowest BCUT2D eigenvalue weighted by atomic mass is 9.73. The average Bonchev–Trinajstić information content (AvgIpc) is 3.69. The van der Waals surface area contributed by atoms with Crippen LogP contribution in [0.3, 0.4) is 0 Å². The molecule has 11 rings (SSSR count). The number of hydrogen-bond donors (Lipinski definition) is 0. The molecule has 2 bridgehead atoms. The van der Waals surface area contributed by atoms with Crippen molar-refractivity contribution in [3.8, 4) is 33.4 Å². The Morgan fingerprint density at radius 3 is 2.29 bits per heavy atom. The number of hydrogen-bond acceptors (Lipinski definition) is 0. The van der Waals surface area contributed by atoms with Gasteiger partial charge in [-0.3, -0.25) is 0 Å². The van der Waals surface area contributed by atoms with Crippen LogP contribution in [0.25, 0.3) is 66.6 Å². The van der Waals surface area contributed by atoms with Crippen molar-refractivity contribution in [2.45, 2.75) is 43.9 Å². The Morgan fingerprint density at radius 1 is 0.562 bits per heavy atom.